The molecule has 0 saturated carbocycles. The highest BCUT2D eigenvalue weighted by atomic mass is 79.9. The van der Waals surface area contributed by atoms with Crippen LogP contribution in [0.25, 0.3) is 0 Å². The fourth-order valence-electron chi connectivity index (χ4n) is 1.47. The quantitative estimate of drug-likeness (QED) is 0.743. The van der Waals surface area contributed by atoms with Crippen molar-refractivity contribution in [2.24, 2.45) is 0 Å². The lowest BCUT2D eigenvalue weighted by atomic mass is 10.3. The first-order valence-corrected chi connectivity index (χ1v) is 6.53. The highest BCUT2D eigenvalue weighted by Crippen LogP contribution is 2.13. The normalized spacial score (nSPS) is 11.9. The molecule has 9 heteroatoms. The Morgan fingerprint density at radius 1 is 1.50 bits per heavy atom. The van der Waals surface area contributed by atoms with E-state index in [1.807, 2.05) is 0 Å². The topological polar surface area (TPSA) is 113 Å². The van der Waals surface area contributed by atoms with E-state index < -0.39 is 5.91 Å². The van der Waals surface area contributed by atoms with Crippen LogP contribution < -0.4 is 10.6 Å². The average Bonchev–Trinajstić information content (AvgIpc) is 3.06. The van der Waals surface area contributed by atoms with Crippen molar-refractivity contribution in [1.82, 2.24) is 25.8 Å². The Morgan fingerprint density at radius 3 is 2.90 bits per heavy atom. The summed E-state index contributed by atoms with van der Waals surface area (Å²) in [6, 6.07) is 2.79. The van der Waals surface area contributed by atoms with Gasteiger partial charge in [-0.25, -0.2) is 4.98 Å². The van der Waals surface area contributed by atoms with Crippen LogP contribution in [-0.2, 0) is 4.79 Å². The number of aromatic amines is 1. The molecule has 0 aliphatic rings. The molecule has 0 spiro atoms. The molecule has 2 rings (SSSR count). The number of nitrogens with one attached hydrogen (secondary N) is 3. The van der Waals surface area contributed by atoms with Crippen LogP contribution in [0, 0.1) is 0 Å². The third-order valence-corrected chi connectivity index (χ3v) is 2.85. The van der Waals surface area contributed by atoms with Gasteiger partial charge in [0.1, 0.15) is 12.2 Å². The van der Waals surface area contributed by atoms with Gasteiger partial charge in [-0.3, -0.25) is 14.7 Å². The summed E-state index contributed by atoms with van der Waals surface area (Å²) in [5.74, 6) is -0.126. The second-order valence-corrected chi connectivity index (χ2v) is 4.73. The predicted molar refractivity (Wildman–Crippen MR) is 71.7 cm³/mol. The van der Waals surface area contributed by atoms with Crippen LogP contribution in [0.2, 0.25) is 0 Å². The number of carbonyl (C=O) groups excluding carboxylic acids is 2. The van der Waals surface area contributed by atoms with Crippen molar-refractivity contribution in [2.75, 3.05) is 6.54 Å². The van der Waals surface area contributed by atoms with E-state index in [4.69, 9.17) is 4.42 Å². The van der Waals surface area contributed by atoms with E-state index >= 15 is 0 Å². The Kier molecular flexibility index (Phi) is 4.51. The van der Waals surface area contributed by atoms with Gasteiger partial charge in [-0.2, -0.15) is 5.10 Å². The smallest absolute Gasteiger partial charge is 0.287 e. The van der Waals surface area contributed by atoms with Crippen molar-refractivity contribution in [3.63, 3.8) is 0 Å². The number of halogens is 1. The summed E-state index contributed by atoms with van der Waals surface area (Å²) in [6.45, 7) is 1.60. The number of carbonyl (C=O) groups is 2. The maximum atomic E-state index is 11.7. The monoisotopic (exact) mass is 341 g/mol. The van der Waals surface area contributed by atoms with Gasteiger partial charge in [0.15, 0.2) is 10.4 Å². The largest absolute Gasteiger partial charge is 0.444 e. The number of amides is 2. The average molecular weight is 342 g/mol. The second-order valence-electron chi connectivity index (χ2n) is 3.95. The number of nitrogens with zero attached hydrogens (tertiary/aromatic N) is 2. The van der Waals surface area contributed by atoms with Crippen molar-refractivity contribution >= 4 is 27.7 Å². The molecule has 1 unspecified atom stereocenters. The van der Waals surface area contributed by atoms with Gasteiger partial charge < -0.3 is 15.1 Å². The molecule has 0 bridgehead atoms. The summed E-state index contributed by atoms with van der Waals surface area (Å²) < 4.78 is 5.52. The van der Waals surface area contributed by atoms with Crippen LogP contribution in [-0.4, -0.2) is 33.5 Å². The second kappa shape index (κ2) is 6.33. The number of hydrogen-bond donors (Lipinski definition) is 3. The van der Waals surface area contributed by atoms with Crippen molar-refractivity contribution in [3.8, 4) is 0 Å². The van der Waals surface area contributed by atoms with E-state index in [1.54, 1.807) is 13.0 Å². The van der Waals surface area contributed by atoms with Crippen LogP contribution in [0.5, 0.6) is 0 Å². The zero-order valence-corrected chi connectivity index (χ0v) is 12.1. The molecule has 0 aromatic carbocycles. The number of rotatable bonds is 5. The molecule has 0 fully saturated rings. The van der Waals surface area contributed by atoms with Gasteiger partial charge in [0, 0.05) is 0 Å². The first-order chi connectivity index (χ1) is 9.56. The van der Waals surface area contributed by atoms with Gasteiger partial charge in [0.2, 0.25) is 5.91 Å². The summed E-state index contributed by atoms with van der Waals surface area (Å²) in [5.41, 5.74) is 0. The zero-order valence-electron chi connectivity index (χ0n) is 10.5. The molecule has 0 aliphatic heterocycles. The standard InChI is InChI=1S/C11H12BrN5O3/c1-6(10-14-5-15-17-10)16-9(18)4-13-11(19)7-2-3-8(12)20-7/h2-3,5-6H,4H2,1H3,(H,13,19)(H,16,18)(H,14,15,17). The molecule has 20 heavy (non-hydrogen) atoms. The molecule has 0 radical (unpaired) electrons. The summed E-state index contributed by atoms with van der Waals surface area (Å²) in [7, 11) is 0. The van der Waals surface area contributed by atoms with Crippen LogP contribution in [0.1, 0.15) is 29.3 Å². The van der Waals surface area contributed by atoms with Gasteiger partial charge in [0.25, 0.3) is 5.91 Å². The Bertz CT molecular complexity index is 595. The van der Waals surface area contributed by atoms with Crippen LogP contribution >= 0.6 is 15.9 Å². The lowest BCUT2D eigenvalue weighted by Crippen LogP contribution is -2.38. The SMILES string of the molecule is CC(NC(=O)CNC(=O)c1ccc(Br)o1)c1ncn[nH]1. The molecule has 2 amide bonds. The van der Waals surface area contributed by atoms with Gasteiger partial charge in [-0.1, -0.05) is 0 Å². The zero-order chi connectivity index (χ0) is 14.5. The van der Waals surface area contributed by atoms with Crippen molar-refractivity contribution in [1.29, 1.82) is 0 Å². The minimum Gasteiger partial charge on any atom is -0.444 e. The maximum absolute atomic E-state index is 11.7. The van der Waals surface area contributed by atoms with Gasteiger partial charge in [0.05, 0.1) is 12.6 Å². The third kappa shape index (κ3) is 3.67. The molecule has 8 nitrogen and oxygen atoms in total. The van der Waals surface area contributed by atoms with Gasteiger partial charge in [-0.15, -0.1) is 0 Å². The van der Waals surface area contributed by atoms with E-state index in [1.165, 1.54) is 12.4 Å². The number of furan rings is 1. The van der Waals surface area contributed by atoms with E-state index in [9.17, 15) is 9.59 Å². The molecular weight excluding hydrogens is 330 g/mol. The minimum atomic E-state index is -0.460. The molecule has 2 aromatic rings. The Labute approximate surface area is 122 Å². The highest BCUT2D eigenvalue weighted by Gasteiger charge is 2.14. The van der Waals surface area contributed by atoms with Crippen LogP contribution in [0.15, 0.2) is 27.5 Å². The molecule has 3 N–H and O–H groups in total. The van der Waals surface area contributed by atoms with Crippen molar-refractivity contribution in [2.45, 2.75) is 13.0 Å². The Balaban J connectivity index is 1.79. The van der Waals surface area contributed by atoms with E-state index in [0.717, 1.165) is 0 Å². The molecule has 0 saturated heterocycles. The van der Waals surface area contributed by atoms with Crippen molar-refractivity contribution < 1.29 is 14.0 Å². The number of H-pyrrole nitrogens is 1. The molecule has 106 valence electrons. The Hall–Kier alpha value is -2.16. The molecular formula is C11H12BrN5O3. The predicted octanol–water partition coefficient (Wildman–Crippen LogP) is 0.767. The first kappa shape index (κ1) is 14.3. The van der Waals surface area contributed by atoms with Gasteiger partial charge >= 0.3 is 0 Å². The first-order valence-electron chi connectivity index (χ1n) is 5.74. The van der Waals surface area contributed by atoms with E-state index in [0.29, 0.717) is 10.5 Å². The fraction of sp³-hybridized carbons (Fsp3) is 0.273. The summed E-state index contributed by atoms with van der Waals surface area (Å²) in [4.78, 5) is 27.2. The summed E-state index contributed by atoms with van der Waals surface area (Å²) in [5, 5.41) is 11.5. The lowest BCUT2D eigenvalue weighted by molar-refractivity contribution is -0.120. The van der Waals surface area contributed by atoms with E-state index in [2.05, 4.69) is 41.7 Å². The summed E-state index contributed by atoms with van der Waals surface area (Å²) in [6.07, 6.45) is 1.36. The third-order valence-electron chi connectivity index (χ3n) is 2.43. The lowest BCUT2D eigenvalue weighted by Gasteiger charge is -2.11. The Morgan fingerprint density at radius 2 is 2.30 bits per heavy atom. The van der Waals surface area contributed by atoms with Crippen LogP contribution in [0.4, 0.5) is 0 Å². The molecule has 0 aliphatic carbocycles. The minimum absolute atomic E-state index is 0.132. The maximum Gasteiger partial charge on any atom is 0.287 e. The number of aromatic nitrogens is 3. The number of hydrogen-bond acceptors (Lipinski definition) is 5. The fourth-order valence-corrected chi connectivity index (χ4v) is 1.77. The molecule has 2 aromatic heterocycles. The van der Waals surface area contributed by atoms with E-state index in [-0.39, 0.29) is 24.3 Å². The van der Waals surface area contributed by atoms with Crippen LogP contribution in [0.3, 0.4) is 0 Å². The van der Waals surface area contributed by atoms with Gasteiger partial charge in [-0.05, 0) is 35.0 Å². The summed E-state index contributed by atoms with van der Waals surface area (Å²) >= 11 is 3.09. The van der Waals surface area contributed by atoms with Crippen molar-refractivity contribution in [3.05, 3.63) is 34.7 Å². The molecule has 2 heterocycles. The molecule has 1 atom stereocenters. The highest BCUT2D eigenvalue weighted by molar-refractivity contribution is 9.10.